The summed E-state index contributed by atoms with van der Waals surface area (Å²) in [7, 11) is 0. The zero-order valence-corrected chi connectivity index (χ0v) is 8.34. The topological polar surface area (TPSA) is 32.3 Å². The van der Waals surface area contributed by atoms with Crippen LogP contribution in [-0.2, 0) is 4.79 Å². The monoisotopic (exact) mass is 200 g/mol. The van der Waals surface area contributed by atoms with E-state index in [2.05, 4.69) is 5.32 Å². The van der Waals surface area contributed by atoms with Crippen LogP contribution in [0.3, 0.4) is 0 Å². The molecule has 2 heterocycles. The minimum atomic E-state index is -0.811. The normalized spacial score (nSPS) is 33.4. The molecule has 4 heteroatoms. The first-order chi connectivity index (χ1) is 6.77. The molecule has 1 N–H and O–H groups in total. The van der Waals surface area contributed by atoms with Crippen molar-refractivity contribution >= 4 is 5.91 Å². The van der Waals surface area contributed by atoms with Gasteiger partial charge in [-0.1, -0.05) is 0 Å². The summed E-state index contributed by atoms with van der Waals surface area (Å²) in [6.07, 6.45) is 2.57. The highest BCUT2D eigenvalue weighted by molar-refractivity contribution is 5.82. The first-order valence-electron chi connectivity index (χ1n) is 5.43. The van der Waals surface area contributed by atoms with Gasteiger partial charge in [0.1, 0.15) is 6.17 Å². The molecule has 2 atom stereocenters. The Morgan fingerprint density at radius 2 is 2.21 bits per heavy atom. The van der Waals surface area contributed by atoms with Crippen LogP contribution in [0.25, 0.3) is 0 Å². The number of amides is 1. The van der Waals surface area contributed by atoms with E-state index >= 15 is 0 Å². The predicted octanol–water partition coefficient (Wildman–Crippen LogP) is 0.699. The number of hydrogen-bond acceptors (Lipinski definition) is 2. The van der Waals surface area contributed by atoms with Crippen molar-refractivity contribution in [3.8, 4) is 0 Å². The van der Waals surface area contributed by atoms with Crippen LogP contribution in [0.4, 0.5) is 4.39 Å². The Kier molecular flexibility index (Phi) is 3.01. The number of halogens is 1. The average molecular weight is 200 g/mol. The SMILES string of the molecule is O=C([C@H]1CCCN1)N1CCC[C@@H](F)C1. The lowest BCUT2D eigenvalue weighted by Gasteiger charge is -2.31. The van der Waals surface area contributed by atoms with Crippen molar-refractivity contribution in [2.24, 2.45) is 0 Å². The smallest absolute Gasteiger partial charge is 0.239 e. The molecule has 2 aliphatic rings. The Hall–Kier alpha value is -0.640. The Morgan fingerprint density at radius 3 is 2.86 bits per heavy atom. The molecule has 3 nitrogen and oxygen atoms in total. The standard InChI is InChI=1S/C10H17FN2O/c11-8-3-2-6-13(7-8)10(14)9-4-1-5-12-9/h8-9,12H,1-7H2/t8-,9-/m1/s1. The van der Waals surface area contributed by atoms with Gasteiger partial charge in [0.25, 0.3) is 0 Å². The zero-order chi connectivity index (χ0) is 9.97. The van der Waals surface area contributed by atoms with Crippen molar-refractivity contribution < 1.29 is 9.18 Å². The van der Waals surface area contributed by atoms with Gasteiger partial charge in [0.2, 0.25) is 5.91 Å². The summed E-state index contributed by atoms with van der Waals surface area (Å²) in [5.41, 5.74) is 0. The van der Waals surface area contributed by atoms with Crippen molar-refractivity contribution in [3.63, 3.8) is 0 Å². The second-order valence-electron chi connectivity index (χ2n) is 4.17. The summed E-state index contributed by atoms with van der Waals surface area (Å²) >= 11 is 0. The highest BCUT2D eigenvalue weighted by Gasteiger charge is 2.30. The van der Waals surface area contributed by atoms with Crippen molar-refractivity contribution in [1.29, 1.82) is 0 Å². The number of hydrogen-bond donors (Lipinski definition) is 1. The van der Waals surface area contributed by atoms with Gasteiger partial charge in [-0.15, -0.1) is 0 Å². The third-order valence-corrected chi connectivity index (χ3v) is 3.03. The van der Waals surface area contributed by atoms with E-state index in [1.165, 1.54) is 0 Å². The Balaban J connectivity index is 1.89. The summed E-state index contributed by atoms with van der Waals surface area (Å²) in [5.74, 6) is 0.102. The molecular weight excluding hydrogens is 183 g/mol. The summed E-state index contributed by atoms with van der Waals surface area (Å²) in [6, 6.07) is -0.0414. The number of nitrogens with one attached hydrogen (secondary N) is 1. The van der Waals surface area contributed by atoms with E-state index in [0.29, 0.717) is 13.0 Å². The van der Waals surface area contributed by atoms with Crippen molar-refractivity contribution in [2.75, 3.05) is 19.6 Å². The number of carbonyl (C=O) groups is 1. The van der Waals surface area contributed by atoms with Gasteiger partial charge >= 0.3 is 0 Å². The van der Waals surface area contributed by atoms with E-state index in [1.54, 1.807) is 4.90 Å². The molecule has 2 fully saturated rings. The summed E-state index contributed by atoms with van der Waals surface area (Å²) in [6.45, 7) is 1.96. The lowest BCUT2D eigenvalue weighted by molar-refractivity contribution is -0.135. The number of alkyl halides is 1. The molecule has 80 valence electrons. The number of piperidine rings is 1. The number of nitrogens with zero attached hydrogens (tertiary/aromatic N) is 1. The van der Waals surface area contributed by atoms with Gasteiger partial charge in [0.15, 0.2) is 0 Å². The van der Waals surface area contributed by atoms with Crippen LogP contribution in [0.5, 0.6) is 0 Å². The number of likely N-dealkylation sites (tertiary alicyclic amines) is 1. The van der Waals surface area contributed by atoms with E-state index < -0.39 is 6.17 Å². The number of rotatable bonds is 1. The quantitative estimate of drug-likeness (QED) is 0.675. The van der Waals surface area contributed by atoms with Crippen molar-refractivity contribution in [3.05, 3.63) is 0 Å². The Morgan fingerprint density at radius 1 is 1.36 bits per heavy atom. The van der Waals surface area contributed by atoms with Crippen LogP contribution in [0.1, 0.15) is 25.7 Å². The van der Waals surface area contributed by atoms with Crippen LogP contribution < -0.4 is 5.32 Å². The third kappa shape index (κ3) is 2.05. The van der Waals surface area contributed by atoms with Gasteiger partial charge in [0.05, 0.1) is 12.6 Å². The van der Waals surface area contributed by atoms with Crippen molar-refractivity contribution in [2.45, 2.75) is 37.9 Å². The molecule has 0 spiro atoms. The highest BCUT2D eigenvalue weighted by Crippen LogP contribution is 2.16. The molecular formula is C10H17FN2O. The van der Waals surface area contributed by atoms with Crippen molar-refractivity contribution in [1.82, 2.24) is 10.2 Å². The van der Waals surface area contributed by atoms with Gasteiger partial charge in [-0.3, -0.25) is 4.79 Å². The van der Waals surface area contributed by atoms with Crippen LogP contribution >= 0.6 is 0 Å². The van der Waals surface area contributed by atoms with Gasteiger partial charge in [-0.25, -0.2) is 4.39 Å². The lowest BCUT2D eigenvalue weighted by Crippen LogP contribution is -2.48. The summed E-state index contributed by atoms with van der Waals surface area (Å²) in [4.78, 5) is 13.5. The summed E-state index contributed by atoms with van der Waals surface area (Å²) < 4.78 is 13.1. The fourth-order valence-electron chi connectivity index (χ4n) is 2.24. The van der Waals surface area contributed by atoms with Crippen LogP contribution in [0, 0.1) is 0 Å². The molecule has 2 rings (SSSR count). The molecule has 0 radical (unpaired) electrons. The lowest BCUT2D eigenvalue weighted by atomic mass is 10.1. The number of carbonyl (C=O) groups excluding carboxylic acids is 1. The fraction of sp³-hybridized carbons (Fsp3) is 0.900. The van der Waals surface area contributed by atoms with E-state index in [1.807, 2.05) is 0 Å². The van der Waals surface area contributed by atoms with Gasteiger partial charge in [-0.05, 0) is 32.2 Å². The first kappa shape index (κ1) is 9.90. The van der Waals surface area contributed by atoms with E-state index in [-0.39, 0.29) is 11.9 Å². The first-order valence-corrected chi connectivity index (χ1v) is 5.43. The maximum Gasteiger partial charge on any atom is 0.239 e. The molecule has 14 heavy (non-hydrogen) atoms. The Bertz CT molecular complexity index is 216. The molecule has 0 bridgehead atoms. The summed E-state index contributed by atoms with van der Waals surface area (Å²) in [5, 5.41) is 3.15. The molecule has 0 unspecified atom stereocenters. The molecule has 0 aromatic carbocycles. The fourth-order valence-corrected chi connectivity index (χ4v) is 2.24. The molecule has 2 saturated heterocycles. The van der Waals surface area contributed by atoms with Gasteiger partial charge in [-0.2, -0.15) is 0 Å². The third-order valence-electron chi connectivity index (χ3n) is 3.03. The Labute approximate surface area is 83.6 Å². The van der Waals surface area contributed by atoms with Crippen LogP contribution in [0.15, 0.2) is 0 Å². The largest absolute Gasteiger partial charge is 0.338 e. The molecule has 0 aromatic rings. The molecule has 0 saturated carbocycles. The van der Waals surface area contributed by atoms with Gasteiger partial charge in [0, 0.05) is 6.54 Å². The van der Waals surface area contributed by atoms with E-state index in [4.69, 9.17) is 0 Å². The molecule has 0 aromatic heterocycles. The maximum absolute atomic E-state index is 13.1. The second kappa shape index (κ2) is 4.26. The second-order valence-corrected chi connectivity index (χ2v) is 4.17. The zero-order valence-electron chi connectivity index (χ0n) is 8.34. The molecule has 0 aliphatic carbocycles. The van der Waals surface area contributed by atoms with Gasteiger partial charge < -0.3 is 10.2 Å². The molecule has 2 aliphatic heterocycles. The average Bonchev–Trinajstić information content (AvgIpc) is 2.69. The predicted molar refractivity (Wildman–Crippen MR) is 51.7 cm³/mol. The maximum atomic E-state index is 13.1. The van der Waals surface area contributed by atoms with E-state index in [0.717, 1.165) is 32.4 Å². The minimum absolute atomic E-state index is 0.0414. The van der Waals surface area contributed by atoms with Crippen LogP contribution in [-0.4, -0.2) is 42.7 Å². The highest BCUT2D eigenvalue weighted by atomic mass is 19.1. The van der Waals surface area contributed by atoms with Crippen LogP contribution in [0.2, 0.25) is 0 Å². The van der Waals surface area contributed by atoms with E-state index in [9.17, 15) is 9.18 Å². The molecule has 1 amide bonds. The minimum Gasteiger partial charge on any atom is -0.338 e.